The normalized spacial score (nSPS) is 16.8. The summed E-state index contributed by atoms with van der Waals surface area (Å²) in [5.74, 6) is -2.97. The first-order valence-corrected chi connectivity index (χ1v) is 11.2. The van der Waals surface area contributed by atoms with Crippen LogP contribution in [0.1, 0.15) is 38.5 Å². The molecule has 32 heavy (non-hydrogen) atoms. The third-order valence-corrected chi connectivity index (χ3v) is 6.36. The van der Waals surface area contributed by atoms with Gasteiger partial charge in [0, 0.05) is 6.07 Å². The van der Waals surface area contributed by atoms with Crippen LogP contribution >= 0.6 is 0 Å². The Hall–Kier alpha value is -2.67. The van der Waals surface area contributed by atoms with Gasteiger partial charge in [0.1, 0.15) is 18.1 Å². The maximum absolute atomic E-state index is 12.8. The highest BCUT2D eigenvalue weighted by Gasteiger charge is 2.33. The smallest absolute Gasteiger partial charge is 0.481 e. The van der Waals surface area contributed by atoms with Crippen LogP contribution in [0, 0.1) is 5.92 Å². The van der Waals surface area contributed by atoms with Gasteiger partial charge in [0.05, 0.1) is 17.4 Å². The molecule has 1 aromatic rings. The average Bonchev–Trinajstić information content (AvgIpc) is 3.18. The number of rotatable bonds is 11. The van der Waals surface area contributed by atoms with Gasteiger partial charge >= 0.3 is 12.3 Å². The lowest BCUT2D eigenvalue weighted by molar-refractivity contribution is -0.274. The minimum absolute atomic E-state index is 0.0162. The van der Waals surface area contributed by atoms with Gasteiger partial charge in [0.25, 0.3) is 0 Å². The first kappa shape index (κ1) is 25.6. The summed E-state index contributed by atoms with van der Waals surface area (Å²) in [5.41, 5.74) is 0. The molecule has 1 fully saturated rings. The van der Waals surface area contributed by atoms with Gasteiger partial charge < -0.3 is 20.0 Å². The van der Waals surface area contributed by atoms with Gasteiger partial charge in [-0.05, 0) is 24.5 Å². The van der Waals surface area contributed by atoms with E-state index in [0.29, 0.717) is 6.07 Å². The van der Waals surface area contributed by atoms with Crippen LogP contribution in [0.4, 0.5) is 13.2 Å². The Kier molecular flexibility index (Phi) is 8.61. The summed E-state index contributed by atoms with van der Waals surface area (Å²) in [5, 5.41) is 11.0. The van der Waals surface area contributed by atoms with Crippen LogP contribution < -0.4 is 14.8 Å². The van der Waals surface area contributed by atoms with Crippen molar-refractivity contribution in [2.24, 2.45) is 5.92 Å². The molecule has 1 aromatic carbocycles. The highest BCUT2D eigenvalue weighted by molar-refractivity contribution is 7.89. The van der Waals surface area contributed by atoms with Crippen molar-refractivity contribution in [1.29, 1.82) is 0 Å². The lowest BCUT2D eigenvalue weighted by atomic mass is 9.98. The van der Waals surface area contributed by atoms with Gasteiger partial charge in [0.15, 0.2) is 0 Å². The number of hydrogen-bond acceptors (Lipinski definition) is 6. The summed E-state index contributed by atoms with van der Waals surface area (Å²) < 4.78 is 68.8. The van der Waals surface area contributed by atoms with Crippen LogP contribution in [0.25, 0.3) is 0 Å². The van der Waals surface area contributed by atoms with E-state index in [1.807, 2.05) is 0 Å². The van der Waals surface area contributed by atoms with Crippen molar-refractivity contribution in [2.75, 3.05) is 0 Å². The monoisotopic (exact) mass is 480 g/mol. The SMILES string of the molecule is O=C[C@H](CC(=O)O)NC(=O)[C@H](CC1CCCC1)NS(=O)(=O)c1cccc(OC(F)(F)F)c1. The topological polar surface area (TPSA) is 139 Å². The van der Waals surface area contributed by atoms with Crippen molar-refractivity contribution < 1.29 is 45.8 Å². The fourth-order valence-corrected chi connectivity index (χ4v) is 4.73. The fourth-order valence-electron chi connectivity index (χ4n) is 3.49. The highest BCUT2D eigenvalue weighted by Crippen LogP contribution is 2.29. The van der Waals surface area contributed by atoms with E-state index in [4.69, 9.17) is 5.11 Å². The zero-order valence-electron chi connectivity index (χ0n) is 16.8. The van der Waals surface area contributed by atoms with Crippen LogP contribution in [0.15, 0.2) is 29.2 Å². The molecule has 13 heteroatoms. The molecule has 3 N–H and O–H groups in total. The minimum Gasteiger partial charge on any atom is -0.481 e. The van der Waals surface area contributed by atoms with Crippen LogP contribution in [-0.4, -0.2) is 50.1 Å². The van der Waals surface area contributed by atoms with Crippen molar-refractivity contribution in [2.45, 2.75) is 61.9 Å². The molecular formula is C19H23F3N2O7S. The van der Waals surface area contributed by atoms with E-state index in [0.717, 1.165) is 43.9 Å². The molecule has 2 rings (SSSR count). The molecule has 0 aliphatic heterocycles. The predicted molar refractivity (Wildman–Crippen MR) is 104 cm³/mol. The summed E-state index contributed by atoms with van der Waals surface area (Å²) in [6.45, 7) is 0. The first-order chi connectivity index (χ1) is 14.9. The molecule has 1 saturated carbocycles. The molecule has 1 aliphatic carbocycles. The number of ether oxygens (including phenoxy) is 1. The van der Waals surface area contributed by atoms with E-state index in [1.54, 1.807) is 0 Å². The number of alkyl halides is 3. The van der Waals surface area contributed by atoms with E-state index in [9.17, 15) is 36.0 Å². The minimum atomic E-state index is -5.02. The number of aliphatic carboxylic acids is 1. The maximum Gasteiger partial charge on any atom is 0.573 e. The number of carbonyl (C=O) groups excluding carboxylic acids is 2. The van der Waals surface area contributed by atoms with Crippen molar-refractivity contribution in [1.82, 2.24) is 10.0 Å². The quantitative estimate of drug-likeness (QED) is 0.412. The number of aldehydes is 1. The maximum atomic E-state index is 12.8. The van der Waals surface area contributed by atoms with Crippen LogP contribution in [0.5, 0.6) is 5.75 Å². The molecule has 178 valence electrons. The molecule has 0 aromatic heterocycles. The third kappa shape index (κ3) is 8.11. The molecule has 0 spiro atoms. The Morgan fingerprint density at radius 3 is 2.47 bits per heavy atom. The van der Waals surface area contributed by atoms with Crippen LogP contribution in [0.3, 0.4) is 0 Å². The molecular weight excluding hydrogens is 457 g/mol. The molecule has 0 bridgehead atoms. The zero-order chi connectivity index (χ0) is 23.9. The molecule has 0 heterocycles. The molecule has 0 unspecified atom stereocenters. The molecule has 1 amide bonds. The summed E-state index contributed by atoms with van der Waals surface area (Å²) in [4.78, 5) is 34.0. The molecule has 0 saturated heterocycles. The Morgan fingerprint density at radius 2 is 1.91 bits per heavy atom. The summed E-state index contributed by atoms with van der Waals surface area (Å²) >= 11 is 0. The Labute approximate surface area is 182 Å². The number of carboxylic acid groups (broad SMARTS) is 1. The Balaban J connectivity index is 2.23. The second kappa shape index (κ2) is 10.8. The van der Waals surface area contributed by atoms with Gasteiger partial charge in [0.2, 0.25) is 15.9 Å². The van der Waals surface area contributed by atoms with Crippen molar-refractivity contribution >= 4 is 28.2 Å². The number of carbonyl (C=O) groups is 3. The second-order valence-corrected chi connectivity index (χ2v) is 9.15. The largest absolute Gasteiger partial charge is 0.573 e. The van der Waals surface area contributed by atoms with Gasteiger partial charge in [-0.1, -0.05) is 31.7 Å². The molecule has 9 nitrogen and oxygen atoms in total. The zero-order valence-corrected chi connectivity index (χ0v) is 17.6. The number of halogens is 3. The van der Waals surface area contributed by atoms with Crippen LogP contribution in [-0.2, 0) is 24.4 Å². The lowest BCUT2D eigenvalue weighted by Crippen LogP contribution is -2.51. The number of sulfonamides is 1. The molecule has 1 aliphatic rings. The number of nitrogens with one attached hydrogen (secondary N) is 2. The van der Waals surface area contributed by atoms with Crippen molar-refractivity contribution in [3.63, 3.8) is 0 Å². The second-order valence-electron chi connectivity index (χ2n) is 7.43. The highest BCUT2D eigenvalue weighted by atomic mass is 32.2. The van der Waals surface area contributed by atoms with Gasteiger partial charge in [-0.25, -0.2) is 8.42 Å². The molecule has 0 radical (unpaired) electrons. The predicted octanol–water partition coefficient (Wildman–Crippen LogP) is 1.97. The van der Waals surface area contributed by atoms with E-state index in [2.05, 4.69) is 14.8 Å². The van der Waals surface area contributed by atoms with E-state index in [1.165, 1.54) is 0 Å². The van der Waals surface area contributed by atoms with Gasteiger partial charge in [-0.2, -0.15) is 4.72 Å². The first-order valence-electron chi connectivity index (χ1n) is 9.75. The number of hydrogen-bond donors (Lipinski definition) is 3. The van der Waals surface area contributed by atoms with Gasteiger partial charge in [-0.15, -0.1) is 13.2 Å². The van der Waals surface area contributed by atoms with E-state index >= 15 is 0 Å². The molecule has 2 atom stereocenters. The van der Waals surface area contributed by atoms with E-state index < -0.39 is 57.4 Å². The van der Waals surface area contributed by atoms with Crippen molar-refractivity contribution in [3.8, 4) is 5.75 Å². The average molecular weight is 480 g/mol. The van der Waals surface area contributed by atoms with E-state index in [-0.39, 0.29) is 18.6 Å². The summed E-state index contributed by atoms with van der Waals surface area (Å²) in [6, 6.07) is 0.964. The summed E-state index contributed by atoms with van der Waals surface area (Å²) in [7, 11) is -4.45. The summed E-state index contributed by atoms with van der Waals surface area (Å²) in [6.07, 6.45) is -2.08. The standard InChI is InChI=1S/C19H23F3N2O7S/c20-19(21,22)31-14-6-3-7-15(10-14)32(29,30)24-16(8-12-4-1-2-5-12)18(28)23-13(11-25)9-17(26)27/h3,6-7,10-13,16,24H,1-2,4-5,8-9H2,(H,23,28)(H,26,27)/t13-,16-/m0/s1. The van der Waals surface area contributed by atoms with Crippen LogP contribution in [0.2, 0.25) is 0 Å². The lowest BCUT2D eigenvalue weighted by Gasteiger charge is -2.23. The van der Waals surface area contributed by atoms with Gasteiger partial charge in [-0.3, -0.25) is 9.59 Å². The Morgan fingerprint density at radius 1 is 1.25 bits per heavy atom. The Bertz CT molecular complexity index is 931. The number of carboxylic acids is 1. The fraction of sp³-hybridized carbons (Fsp3) is 0.526. The third-order valence-electron chi connectivity index (χ3n) is 4.89. The van der Waals surface area contributed by atoms with Crippen molar-refractivity contribution in [3.05, 3.63) is 24.3 Å². The number of amides is 1. The number of benzene rings is 1.